The molecule has 0 saturated carbocycles. The lowest BCUT2D eigenvalue weighted by Gasteiger charge is -2.15. The summed E-state index contributed by atoms with van der Waals surface area (Å²) in [4.78, 5) is 17.1. The first-order chi connectivity index (χ1) is 16.2. The first-order valence-electron chi connectivity index (χ1n) is 10.8. The van der Waals surface area contributed by atoms with Crippen LogP contribution in [0.4, 0.5) is 0 Å². The molecule has 0 amide bonds. The number of fused-ring (bicyclic) bond motifs is 4. The van der Waals surface area contributed by atoms with Gasteiger partial charge >= 0.3 is 0 Å². The Kier molecular flexibility index (Phi) is 4.73. The van der Waals surface area contributed by atoms with Crippen LogP contribution in [-0.4, -0.2) is 25.4 Å². The number of thioether (sulfide) groups is 1. The Balaban J connectivity index is 1.50. The molecule has 5 nitrogen and oxygen atoms in total. The van der Waals surface area contributed by atoms with E-state index in [1.54, 1.807) is 0 Å². The Morgan fingerprint density at radius 2 is 1.64 bits per heavy atom. The van der Waals surface area contributed by atoms with Gasteiger partial charge in [0.25, 0.3) is 0 Å². The molecule has 3 heterocycles. The number of hydrogen-bond acceptors (Lipinski definition) is 4. The minimum Gasteiger partial charge on any atom is -0.360 e. The number of nitrogens with zero attached hydrogens (tertiary/aromatic N) is 3. The van der Waals surface area contributed by atoms with Crippen molar-refractivity contribution in [3.05, 3.63) is 108 Å². The van der Waals surface area contributed by atoms with Crippen LogP contribution in [0.15, 0.2) is 96.3 Å². The van der Waals surface area contributed by atoms with E-state index in [1.807, 2.05) is 83.4 Å². The summed E-state index contributed by atoms with van der Waals surface area (Å²) in [6.07, 6.45) is 1.81. The molecule has 1 atom stereocenters. The van der Waals surface area contributed by atoms with Gasteiger partial charge in [-0.3, -0.25) is 9.20 Å². The van der Waals surface area contributed by atoms with Gasteiger partial charge in [-0.1, -0.05) is 78.5 Å². The number of para-hydroxylation sites is 2. The molecule has 0 bridgehead atoms. The Bertz CT molecular complexity index is 1630. The SMILES string of the molecule is Cc1cc2nnc(SC(C(=O)c3c[nH]c4ccccc34)c3ccccc3)n2c2ccccc12. The molecule has 160 valence electrons. The largest absolute Gasteiger partial charge is 0.360 e. The number of rotatable bonds is 5. The van der Waals surface area contributed by atoms with Gasteiger partial charge in [0.05, 0.1) is 5.52 Å². The van der Waals surface area contributed by atoms with Crippen molar-refractivity contribution >= 4 is 45.0 Å². The quantitative estimate of drug-likeness (QED) is 0.245. The smallest absolute Gasteiger partial charge is 0.197 e. The van der Waals surface area contributed by atoms with Crippen LogP contribution >= 0.6 is 11.8 Å². The first kappa shape index (κ1) is 19.8. The number of carbonyl (C=O) groups excluding carboxylic acids is 1. The molecule has 3 aromatic heterocycles. The van der Waals surface area contributed by atoms with Gasteiger partial charge in [0.2, 0.25) is 0 Å². The summed E-state index contributed by atoms with van der Waals surface area (Å²) in [5.41, 5.74) is 5.53. The van der Waals surface area contributed by atoms with Crippen molar-refractivity contribution in [2.45, 2.75) is 17.3 Å². The van der Waals surface area contributed by atoms with E-state index in [0.29, 0.717) is 10.7 Å². The van der Waals surface area contributed by atoms with Crippen molar-refractivity contribution in [2.75, 3.05) is 0 Å². The van der Waals surface area contributed by atoms with Gasteiger partial charge in [0.1, 0.15) is 5.25 Å². The van der Waals surface area contributed by atoms with Crippen molar-refractivity contribution in [3.63, 3.8) is 0 Å². The molecule has 3 aromatic carbocycles. The number of aryl methyl sites for hydroxylation is 1. The molecule has 33 heavy (non-hydrogen) atoms. The zero-order valence-electron chi connectivity index (χ0n) is 17.9. The minimum absolute atomic E-state index is 0.0387. The average Bonchev–Trinajstić information content (AvgIpc) is 3.47. The summed E-state index contributed by atoms with van der Waals surface area (Å²) in [7, 11) is 0. The highest BCUT2D eigenvalue weighted by Crippen LogP contribution is 2.39. The molecule has 0 radical (unpaired) electrons. The van der Waals surface area contributed by atoms with Crippen LogP contribution in [-0.2, 0) is 0 Å². The minimum atomic E-state index is -0.460. The third-order valence-electron chi connectivity index (χ3n) is 5.99. The van der Waals surface area contributed by atoms with E-state index in [-0.39, 0.29) is 5.78 Å². The van der Waals surface area contributed by atoms with Crippen LogP contribution in [0, 0.1) is 6.92 Å². The lowest BCUT2D eigenvalue weighted by molar-refractivity contribution is 0.0991. The molecule has 1 N–H and O–H groups in total. The first-order valence-corrected chi connectivity index (χ1v) is 11.6. The molecule has 1 unspecified atom stereocenters. The van der Waals surface area contributed by atoms with Crippen molar-refractivity contribution in [1.29, 1.82) is 0 Å². The van der Waals surface area contributed by atoms with E-state index in [4.69, 9.17) is 0 Å². The van der Waals surface area contributed by atoms with Crippen molar-refractivity contribution < 1.29 is 4.79 Å². The zero-order valence-corrected chi connectivity index (χ0v) is 18.7. The van der Waals surface area contributed by atoms with Gasteiger partial charge in [-0.05, 0) is 36.2 Å². The molecule has 6 heteroatoms. The molecule has 0 spiro atoms. The third-order valence-corrected chi connectivity index (χ3v) is 7.19. The second kappa shape index (κ2) is 7.90. The number of ketones is 1. The molecule has 6 aromatic rings. The number of nitrogens with one attached hydrogen (secondary N) is 1. The number of benzene rings is 3. The number of pyridine rings is 1. The zero-order chi connectivity index (χ0) is 22.4. The second-order valence-corrected chi connectivity index (χ2v) is 9.11. The van der Waals surface area contributed by atoms with Crippen LogP contribution in [0.1, 0.15) is 26.7 Å². The Morgan fingerprint density at radius 3 is 2.48 bits per heavy atom. The maximum atomic E-state index is 13.9. The van der Waals surface area contributed by atoms with Gasteiger partial charge in [-0.25, -0.2) is 0 Å². The fourth-order valence-electron chi connectivity index (χ4n) is 4.37. The number of hydrogen-bond donors (Lipinski definition) is 1. The highest BCUT2D eigenvalue weighted by atomic mass is 32.2. The molecular weight excluding hydrogens is 428 g/mol. The fourth-order valence-corrected chi connectivity index (χ4v) is 5.50. The highest BCUT2D eigenvalue weighted by Gasteiger charge is 2.28. The summed E-state index contributed by atoms with van der Waals surface area (Å²) in [5.74, 6) is 0.0387. The van der Waals surface area contributed by atoms with Crippen molar-refractivity contribution in [2.24, 2.45) is 0 Å². The van der Waals surface area contributed by atoms with E-state index in [2.05, 4.69) is 34.2 Å². The van der Waals surface area contributed by atoms with E-state index in [0.717, 1.165) is 38.6 Å². The third kappa shape index (κ3) is 3.31. The van der Waals surface area contributed by atoms with E-state index in [1.165, 1.54) is 11.8 Å². The van der Waals surface area contributed by atoms with E-state index in [9.17, 15) is 4.79 Å². The maximum absolute atomic E-state index is 13.9. The van der Waals surface area contributed by atoms with Gasteiger partial charge < -0.3 is 4.98 Å². The molecule has 0 aliphatic heterocycles. The van der Waals surface area contributed by atoms with Crippen LogP contribution < -0.4 is 0 Å². The number of aromatic amines is 1. The van der Waals surface area contributed by atoms with Crippen LogP contribution in [0.3, 0.4) is 0 Å². The predicted molar refractivity (Wildman–Crippen MR) is 133 cm³/mol. The number of carbonyl (C=O) groups is 1. The predicted octanol–water partition coefficient (Wildman–Crippen LogP) is 6.39. The molecule has 0 aliphatic carbocycles. The standard InChI is InChI=1S/C27H20N4OS/c1-17-15-24-29-30-27(31(24)23-14-8-6-11-19(17)23)33-26(18-9-3-2-4-10-18)25(32)21-16-28-22-13-7-5-12-20(21)22/h2-16,26,28H,1H3. The molecule has 0 saturated heterocycles. The fraction of sp³-hybridized carbons (Fsp3) is 0.0741. The highest BCUT2D eigenvalue weighted by molar-refractivity contribution is 8.00. The van der Waals surface area contributed by atoms with E-state index < -0.39 is 5.25 Å². The molecule has 0 aliphatic rings. The summed E-state index contributed by atoms with van der Waals surface area (Å²) >= 11 is 1.44. The van der Waals surface area contributed by atoms with Gasteiger partial charge in [-0.15, -0.1) is 10.2 Å². The summed E-state index contributed by atoms with van der Waals surface area (Å²) in [6, 6.07) is 28.0. The summed E-state index contributed by atoms with van der Waals surface area (Å²) in [6.45, 7) is 2.08. The van der Waals surface area contributed by atoms with Crippen LogP contribution in [0.25, 0.3) is 27.5 Å². The van der Waals surface area contributed by atoms with Gasteiger partial charge in [0, 0.05) is 28.0 Å². The normalized spacial score (nSPS) is 12.5. The summed E-state index contributed by atoms with van der Waals surface area (Å²) in [5, 5.41) is 11.2. The van der Waals surface area contributed by atoms with Crippen molar-refractivity contribution in [3.8, 4) is 0 Å². The lowest BCUT2D eigenvalue weighted by Crippen LogP contribution is -2.10. The van der Waals surface area contributed by atoms with Crippen LogP contribution in [0.5, 0.6) is 0 Å². The number of aromatic nitrogens is 4. The lowest BCUT2D eigenvalue weighted by atomic mass is 10.0. The second-order valence-electron chi connectivity index (χ2n) is 8.04. The number of H-pyrrole nitrogens is 1. The maximum Gasteiger partial charge on any atom is 0.197 e. The summed E-state index contributed by atoms with van der Waals surface area (Å²) < 4.78 is 2.05. The average molecular weight is 449 g/mol. The number of Topliss-reactive ketones (excluding diaryl/α,β-unsaturated/α-hetero) is 1. The van der Waals surface area contributed by atoms with Gasteiger partial charge in [-0.2, -0.15) is 0 Å². The Hall–Kier alpha value is -3.90. The topological polar surface area (TPSA) is 63.0 Å². The molecule has 0 fully saturated rings. The molecular formula is C27H20N4OS. The van der Waals surface area contributed by atoms with Gasteiger partial charge in [0.15, 0.2) is 16.6 Å². The van der Waals surface area contributed by atoms with Crippen molar-refractivity contribution in [1.82, 2.24) is 19.6 Å². The Labute approximate surface area is 194 Å². The monoisotopic (exact) mass is 448 g/mol. The Morgan fingerprint density at radius 1 is 0.909 bits per heavy atom. The molecule has 6 rings (SSSR count). The van der Waals surface area contributed by atoms with E-state index >= 15 is 0 Å². The van der Waals surface area contributed by atoms with Crippen LogP contribution in [0.2, 0.25) is 0 Å².